The summed E-state index contributed by atoms with van der Waals surface area (Å²) in [5.41, 5.74) is 1.72. The summed E-state index contributed by atoms with van der Waals surface area (Å²) in [7, 11) is 1.59. The molecule has 0 unspecified atom stereocenters. The number of aromatic nitrogens is 1. The Labute approximate surface area is 165 Å². The van der Waals surface area contributed by atoms with Gasteiger partial charge in [-0.3, -0.25) is 9.69 Å². The SMILES string of the molecule is COCCN(C(=O)CCc1ccc(OC(F)F)cc1)c1nc2ccccc2s1. The number of hydrogen-bond donors (Lipinski definition) is 0. The number of ether oxygens (including phenoxy) is 2. The van der Waals surface area contributed by atoms with Crippen LogP contribution in [-0.2, 0) is 16.0 Å². The molecule has 0 aliphatic carbocycles. The fourth-order valence-corrected chi connectivity index (χ4v) is 3.72. The summed E-state index contributed by atoms with van der Waals surface area (Å²) in [4.78, 5) is 19.0. The Kier molecular flexibility index (Phi) is 6.89. The smallest absolute Gasteiger partial charge is 0.387 e. The minimum absolute atomic E-state index is 0.0657. The number of carbonyl (C=O) groups is 1. The van der Waals surface area contributed by atoms with E-state index < -0.39 is 6.61 Å². The van der Waals surface area contributed by atoms with Crippen molar-refractivity contribution in [3.05, 3.63) is 54.1 Å². The first-order valence-electron chi connectivity index (χ1n) is 8.75. The molecule has 0 saturated carbocycles. The van der Waals surface area contributed by atoms with E-state index in [0.29, 0.717) is 24.7 Å². The number of fused-ring (bicyclic) bond motifs is 1. The number of alkyl halides is 2. The largest absolute Gasteiger partial charge is 0.435 e. The van der Waals surface area contributed by atoms with Crippen LogP contribution < -0.4 is 9.64 Å². The number of anilines is 1. The van der Waals surface area contributed by atoms with Gasteiger partial charge in [0.2, 0.25) is 5.91 Å². The number of thiazole rings is 1. The van der Waals surface area contributed by atoms with E-state index in [1.54, 1.807) is 24.1 Å². The minimum atomic E-state index is -2.85. The van der Waals surface area contributed by atoms with Gasteiger partial charge in [0.1, 0.15) is 5.75 Å². The highest BCUT2D eigenvalue weighted by Crippen LogP contribution is 2.29. The molecular formula is C20H20F2N2O3S. The zero-order valence-corrected chi connectivity index (χ0v) is 16.1. The molecule has 0 spiro atoms. The lowest BCUT2D eigenvalue weighted by Crippen LogP contribution is -2.34. The zero-order valence-electron chi connectivity index (χ0n) is 15.3. The summed E-state index contributed by atoms with van der Waals surface area (Å²) in [6.45, 7) is -2.03. The Hall–Kier alpha value is -2.58. The summed E-state index contributed by atoms with van der Waals surface area (Å²) in [6, 6.07) is 14.0. The van der Waals surface area contributed by atoms with E-state index >= 15 is 0 Å². The van der Waals surface area contributed by atoms with E-state index in [4.69, 9.17) is 4.74 Å². The van der Waals surface area contributed by atoms with Gasteiger partial charge in [0.05, 0.1) is 23.4 Å². The van der Waals surface area contributed by atoms with Crippen LogP contribution >= 0.6 is 11.3 Å². The lowest BCUT2D eigenvalue weighted by molar-refractivity contribution is -0.118. The molecule has 1 heterocycles. The van der Waals surface area contributed by atoms with E-state index in [1.807, 2.05) is 24.3 Å². The average molecular weight is 406 g/mol. The van der Waals surface area contributed by atoms with Crippen LogP contribution in [0.4, 0.5) is 13.9 Å². The number of carbonyl (C=O) groups excluding carboxylic acids is 1. The lowest BCUT2D eigenvalue weighted by atomic mass is 10.1. The van der Waals surface area contributed by atoms with Crippen LogP contribution in [0.15, 0.2) is 48.5 Å². The number of nitrogens with zero attached hydrogens (tertiary/aromatic N) is 2. The molecule has 2 aromatic carbocycles. The van der Waals surface area contributed by atoms with Gasteiger partial charge in [0.15, 0.2) is 5.13 Å². The third kappa shape index (κ3) is 5.24. The van der Waals surface area contributed by atoms with Crippen LogP contribution in [0.2, 0.25) is 0 Å². The molecule has 0 N–H and O–H groups in total. The van der Waals surface area contributed by atoms with E-state index in [0.717, 1.165) is 15.8 Å². The van der Waals surface area contributed by atoms with Crippen LogP contribution in [-0.4, -0.2) is 37.8 Å². The molecule has 0 atom stereocenters. The van der Waals surface area contributed by atoms with Crippen molar-refractivity contribution in [1.82, 2.24) is 4.98 Å². The van der Waals surface area contributed by atoms with Gasteiger partial charge in [0.25, 0.3) is 0 Å². The van der Waals surface area contributed by atoms with Crippen LogP contribution in [0.25, 0.3) is 10.2 Å². The zero-order chi connectivity index (χ0) is 19.9. The number of aryl methyl sites for hydroxylation is 1. The molecular weight excluding hydrogens is 386 g/mol. The topological polar surface area (TPSA) is 51.7 Å². The molecule has 0 aliphatic rings. The molecule has 0 radical (unpaired) electrons. The normalized spacial score (nSPS) is 11.1. The summed E-state index contributed by atoms with van der Waals surface area (Å²) in [5, 5.41) is 0.643. The van der Waals surface area contributed by atoms with E-state index in [1.165, 1.54) is 23.5 Å². The summed E-state index contributed by atoms with van der Waals surface area (Å²) in [6.07, 6.45) is 0.761. The number of halogens is 2. The third-order valence-corrected chi connectivity index (χ3v) is 5.17. The van der Waals surface area contributed by atoms with E-state index in [9.17, 15) is 13.6 Å². The first-order valence-corrected chi connectivity index (χ1v) is 9.57. The quantitative estimate of drug-likeness (QED) is 0.525. The molecule has 28 heavy (non-hydrogen) atoms. The molecule has 0 bridgehead atoms. The average Bonchev–Trinajstić information content (AvgIpc) is 3.11. The van der Waals surface area contributed by atoms with Gasteiger partial charge >= 0.3 is 6.61 Å². The fraction of sp³-hybridized carbons (Fsp3) is 0.300. The summed E-state index contributed by atoms with van der Waals surface area (Å²) in [5.74, 6) is 0.0327. The molecule has 0 aliphatic heterocycles. The van der Waals surface area contributed by atoms with Gasteiger partial charge in [0, 0.05) is 13.5 Å². The second kappa shape index (κ2) is 9.57. The van der Waals surface area contributed by atoms with Crippen molar-refractivity contribution in [2.24, 2.45) is 0 Å². The van der Waals surface area contributed by atoms with Crippen molar-refractivity contribution < 1.29 is 23.0 Å². The maximum absolute atomic E-state index is 12.8. The monoisotopic (exact) mass is 406 g/mol. The number of methoxy groups -OCH3 is 1. The van der Waals surface area contributed by atoms with Gasteiger partial charge in [-0.25, -0.2) is 4.98 Å². The van der Waals surface area contributed by atoms with Crippen molar-refractivity contribution in [2.45, 2.75) is 19.5 Å². The lowest BCUT2D eigenvalue weighted by Gasteiger charge is -2.19. The van der Waals surface area contributed by atoms with Gasteiger partial charge in [-0.05, 0) is 36.2 Å². The van der Waals surface area contributed by atoms with E-state index in [2.05, 4.69) is 9.72 Å². The number of amides is 1. The Morgan fingerprint density at radius 2 is 1.93 bits per heavy atom. The molecule has 5 nitrogen and oxygen atoms in total. The van der Waals surface area contributed by atoms with Gasteiger partial charge < -0.3 is 9.47 Å². The third-order valence-electron chi connectivity index (χ3n) is 4.11. The molecule has 148 valence electrons. The number of rotatable bonds is 9. The van der Waals surface area contributed by atoms with Crippen molar-refractivity contribution in [3.63, 3.8) is 0 Å². The molecule has 3 rings (SSSR count). The molecule has 1 aromatic heterocycles. The molecule has 8 heteroatoms. The number of para-hydroxylation sites is 1. The maximum Gasteiger partial charge on any atom is 0.387 e. The summed E-state index contributed by atoms with van der Waals surface area (Å²) < 4.78 is 34.9. The van der Waals surface area contributed by atoms with Crippen LogP contribution in [0.5, 0.6) is 5.75 Å². The molecule has 3 aromatic rings. The Morgan fingerprint density at radius 1 is 1.18 bits per heavy atom. The maximum atomic E-state index is 12.8. The highest BCUT2D eigenvalue weighted by atomic mass is 32.1. The number of hydrogen-bond acceptors (Lipinski definition) is 5. The Morgan fingerprint density at radius 3 is 2.61 bits per heavy atom. The predicted octanol–water partition coefficient (Wildman–Crippen LogP) is 4.51. The van der Waals surface area contributed by atoms with Crippen molar-refractivity contribution in [3.8, 4) is 5.75 Å². The predicted molar refractivity (Wildman–Crippen MR) is 105 cm³/mol. The number of benzene rings is 2. The second-order valence-electron chi connectivity index (χ2n) is 6.02. The fourth-order valence-electron chi connectivity index (χ4n) is 2.71. The van der Waals surface area contributed by atoms with Gasteiger partial charge in [-0.2, -0.15) is 8.78 Å². The molecule has 1 amide bonds. The van der Waals surface area contributed by atoms with Gasteiger partial charge in [-0.15, -0.1) is 0 Å². The van der Waals surface area contributed by atoms with Crippen LogP contribution in [0.1, 0.15) is 12.0 Å². The van der Waals surface area contributed by atoms with Crippen LogP contribution in [0, 0.1) is 0 Å². The molecule has 0 saturated heterocycles. The Bertz CT molecular complexity index is 882. The Balaban J connectivity index is 1.67. The van der Waals surface area contributed by atoms with E-state index in [-0.39, 0.29) is 18.1 Å². The summed E-state index contributed by atoms with van der Waals surface area (Å²) >= 11 is 1.46. The second-order valence-corrected chi connectivity index (χ2v) is 7.03. The first kappa shape index (κ1) is 20.2. The van der Waals surface area contributed by atoms with Gasteiger partial charge in [-0.1, -0.05) is 35.6 Å². The highest BCUT2D eigenvalue weighted by molar-refractivity contribution is 7.22. The standard InChI is InChI=1S/C20H20F2N2O3S/c1-26-13-12-24(20-23-16-4-2-3-5-17(16)28-20)18(25)11-8-14-6-9-15(10-7-14)27-19(21)22/h2-7,9-10,19H,8,11-13H2,1H3. The van der Waals surface area contributed by atoms with Crippen molar-refractivity contribution in [1.29, 1.82) is 0 Å². The van der Waals surface area contributed by atoms with Crippen LogP contribution in [0.3, 0.4) is 0 Å². The van der Waals surface area contributed by atoms with Crippen molar-refractivity contribution >= 4 is 32.6 Å². The van der Waals surface area contributed by atoms with Crippen molar-refractivity contribution in [2.75, 3.05) is 25.2 Å². The molecule has 0 fully saturated rings. The first-order chi connectivity index (χ1) is 13.6. The minimum Gasteiger partial charge on any atom is -0.435 e. The highest BCUT2D eigenvalue weighted by Gasteiger charge is 2.19.